The van der Waals surface area contributed by atoms with Crippen LogP contribution in [0.4, 0.5) is 10.1 Å². The Bertz CT molecular complexity index is 1050. The lowest BCUT2D eigenvalue weighted by atomic mass is 10.1. The number of carbonyl (C=O) groups is 2. The highest BCUT2D eigenvalue weighted by atomic mass is 19.1. The van der Waals surface area contributed by atoms with E-state index in [0.717, 1.165) is 23.6 Å². The standard InChI is InChI=1S/C22H19FN2O3/c23-18-7-3-4-8-19(18)25-22(27)17-11-14-5-1-2-6-15(14)12-20(17)28-13-21(26)24-16-9-10-16/h1-8,11-12,16H,9-10,13H2,(H,24,26)(H,25,27). The van der Waals surface area contributed by atoms with E-state index in [-0.39, 0.29) is 35.6 Å². The van der Waals surface area contributed by atoms with E-state index < -0.39 is 11.7 Å². The molecule has 6 heteroatoms. The fourth-order valence-corrected chi connectivity index (χ4v) is 2.91. The van der Waals surface area contributed by atoms with E-state index in [1.807, 2.05) is 24.3 Å². The van der Waals surface area contributed by atoms with Crippen LogP contribution in [0.1, 0.15) is 23.2 Å². The predicted octanol–water partition coefficient (Wildman–Crippen LogP) is 3.89. The summed E-state index contributed by atoms with van der Waals surface area (Å²) >= 11 is 0. The van der Waals surface area contributed by atoms with E-state index in [9.17, 15) is 14.0 Å². The topological polar surface area (TPSA) is 67.4 Å². The molecule has 1 saturated carbocycles. The van der Waals surface area contributed by atoms with Crippen LogP contribution in [0.25, 0.3) is 10.8 Å². The van der Waals surface area contributed by atoms with E-state index in [1.165, 1.54) is 12.1 Å². The Morgan fingerprint density at radius 3 is 2.39 bits per heavy atom. The number of hydrogen-bond acceptors (Lipinski definition) is 3. The first kappa shape index (κ1) is 18.0. The molecule has 0 unspecified atom stereocenters. The molecule has 2 N–H and O–H groups in total. The highest BCUT2D eigenvalue weighted by Crippen LogP contribution is 2.27. The third kappa shape index (κ3) is 4.11. The van der Waals surface area contributed by atoms with Crippen molar-refractivity contribution in [2.24, 2.45) is 0 Å². The van der Waals surface area contributed by atoms with Gasteiger partial charge in [0.2, 0.25) is 0 Å². The summed E-state index contributed by atoms with van der Waals surface area (Å²) in [5.41, 5.74) is 0.319. The second-order valence-corrected chi connectivity index (χ2v) is 6.76. The Morgan fingerprint density at radius 1 is 1.00 bits per heavy atom. The summed E-state index contributed by atoms with van der Waals surface area (Å²) in [4.78, 5) is 24.8. The molecule has 0 bridgehead atoms. The largest absolute Gasteiger partial charge is 0.483 e. The molecule has 1 fully saturated rings. The first-order valence-corrected chi connectivity index (χ1v) is 9.11. The second-order valence-electron chi connectivity index (χ2n) is 6.76. The van der Waals surface area contributed by atoms with Crippen LogP contribution in [-0.2, 0) is 4.79 Å². The van der Waals surface area contributed by atoms with Gasteiger partial charge in [-0.15, -0.1) is 0 Å². The molecule has 0 radical (unpaired) electrons. The zero-order valence-corrected chi connectivity index (χ0v) is 15.1. The van der Waals surface area contributed by atoms with Crippen LogP contribution in [0.5, 0.6) is 5.75 Å². The highest BCUT2D eigenvalue weighted by Gasteiger charge is 2.24. The van der Waals surface area contributed by atoms with Gasteiger partial charge in [0.25, 0.3) is 11.8 Å². The molecule has 0 atom stereocenters. The van der Waals surface area contributed by atoms with E-state index in [0.29, 0.717) is 0 Å². The summed E-state index contributed by atoms with van der Waals surface area (Å²) in [5.74, 6) is -0.981. The Labute approximate surface area is 161 Å². The summed E-state index contributed by atoms with van der Waals surface area (Å²) in [6, 6.07) is 17.1. The Hall–Kier alpha value is -3.41. The first-order valence-electron chi connectivity index (χ1n) is 9.11. The van der Waals surface area contributed by atoms with Gasteiger partial charge in [-0.05, 0) is 47.9 Å². The molecule has 1 aliphatic carbocycles. The van der Waals surface area contributed by atoms with Gasteiger partial charge in [-0.3, -0.25) is 9.59 Å². The van der Waals surface area contributed by atoms with Crippen molar-refractivity contribution in [3.05, 3.63) is 72.0 Å². The van der Waals surface area contributed by atoms with Gasteiger partial charge in [0.1, 0.15) is 11.6 Å². The van der Waals surface area contributed by atoms with Crippen molar-refractivity contribution in [1.82, 2.24) is 5.32 Å². The summed E-state index contributed by atoms with van der Waals surface area (Å²) in [6.45, 7) is -0.186. The first-order chi connectivity index (χ1) is 13.6. The number of rotatable bonds is 6. The fourth-order valence-electron chi connectivity index (χ4n) is 2.91. The lowest BCUT2D eigenvalue weighted by Gasteiger charge is -2.14. The van der Waals surface area contributed by atoms with E-state index in [4.69, 9.17) is 4.74 Å². The monoisotopic (exact) mass is 378 g/mol. The predicted molar refractivity (Wildman–Crippen MR) is 105 cm³/mol. The zero-order valence-electron chi connectivity index (χ0n) is 15.1. The maximum atomic E-state index is 13.9. The van der Waals surface area contributed by atoms with Gasteiger partial charge in [0.05, 0.1) is 11.3 Å². The van der Waals surface area contributed by atoms with Gasteiger partial charge >= 0.3 is 0 Å². The van der Waals surface area contributed by atoms with Crippen molar-refractivity contribution in [3.63, 3.8) is 0 Å². The number of ether oxygens (including phenoxy) is 1. The van der Waals surface area contributed by atoms with Crippen LogP contribution < -0.4 is 15.4 Å². The van der Waals surface area contributed by atoms with Gasteiger partial charge in [-0.25, -0.2) is 4.39 Å². The van der Waals surface area contributed by atoms with Crippen LogP contribution in [0.2, 0.25) is 0 Å². The molecule has 28 heavy (non-hydrogen) atoms. The number of fused-ring (bicyclic) bond motifs is 1. The molecule has 0 aromatic heterocycles. The van der Waals surface area contributed by atoms with Gasteiger partial charge < -0.3 is 15.4 Å². The van der Waals surface area contributed by atoms with Crippen molar-refractivity contribution >= 4 is 28.3 Å². The molecule has 1 aliphatic rings. The maximum absolute atomic E-state index is 13.9. The SMILES string of the molecule is O=C(COc1cc2ccccc2cc1C(=O)Nc1ccccc1F)NC1CC1. The summed E-state index contributed by atoms with van der Waals surface area (Å²) in [7, 11) is 0. The minimum absolute atomic E-state index is 0.0816. The molecule has 2 amide bonds. The highest BCUT2D eigenvalue weighted by molar-refractivity contribution is 6.08. The molecule has 0 aliphatic heterocycles. The number of para-hydroxylation sites is 1. The molecule has 3 aromatic rings. The quantitative estimate of drug-likeness (QED) is 0.684. The van der Waals surface area contributed by atoms with Crippen molar-refractivity contribution in [2.75, 3.05) is 11.9 Å². The van der Waals surface area contributed by atoms with E-state index >= 15 is 0 Å². The lowest BCUT2D eigenvalue weighted by molar-refractivity contribution is -0.123. The van der Waals surface area contributed by atoms with Crippen LogP contribution >= 0.6 is 0 Å². The maximum Gasteiger partial charge on any atom is 0.259 e. The molecule has 0 spiro atoms. The average Bonchev–Trinajstić information content (AvgIpc) is 3.51. The second kappa shape index (κ2) is 7.68. The minimum atomic E-state index is -0.525. The lowest BCUT2D eigenvalue weighted by Crippen LogP contribution is -2.30. The Kier molecular flexibility index (Phi) is 4.93. The van der Waals surface area contributed by atoms with Crippen molar-refractivity contribution in [1.29, 1.82) is 0 Å². The van der Waals surface area contributed by atoms with Gasteiger partial charge in [-0.2, -0.15) is 0 Å². The number of benzene rings is 3. The zero-order chi connectivity index (χ0) is 19.5. The molecule has 142 valence electrons. The number of amides is 2. The van der Waals surface area contributed by atoms with E-state index in [1.54, 1.807) is 24.3 Å². The van der Waals surface area contributed by atoms with Crippen molar-refractivity contribution in [3.8, 4) is 5.75 Å². The molecule has 4 rings (SSSR count). The van der Waals surface area contributed by atoms with Crippen LogP contribution in [-0.4, -0.2) is 24.5 Å². The molecule has 5 nitrogen and oxygen atoms in total. The number of halogens is 1. The Balaban J connectivity index is 1.61. The number of hydrogen-bond donors (Lipinski definition) is 2. The fraction of sp³-hybridized carbons (Fsp3) is 0.182. The van der Waals surface area contributed by atoms with Crippen LogP contribution in [0, 0.1) is 5.82 Å². The number of anilines is 1. The molecular weight excluding hydrogens is 359 g/mol. The molecule has 3 aromatic carbocycles. The van der Waals surface area contributed by atoms with Crippen molar-refractivity contribution in [2.45, 2.75) is 18.9 Å². The smallest absolute Gasteiger partial charge is 0.259 e. The summed E-state index contributed by atoms with van der Waals surface area (Å²) in [6.07, 6.45) is 1.97. The summed E-state index contributed by atoms with van der Waals surface area (Å²) < 4.78 is 19.6. The van der Waals surface area contributed by atoms with E-state index in [2.05, 4.69) is 10.6 Å². The van der Waals surface area contributed by atoms with Gasteiger partial charge in [0.15, 0.2) is 6.61 Å². The Morgan fingerprint density at radius 2 is 1.68 bits per heavy atom. The number of carbonyl (C=O) groups excluding carboxylic acids is 2. The van der Waals surface area contributed by atoms with Gasteiger partial charge in [-0.1, -0.05) is 36.4 Å². The average molecular weight is 378 g/mol. The molecule has 0 saturated heterocycles. The molecular formula is C22H19FN2O3. The van der Waals surface area contributed by atoms with Crippen molar-refractivity contribution < 1.29 is 18.7 Å². The van der Waals surface area contributed by atoms with Crippen LogP contribution in [0.15, 0.2) is 60.7 Å². The van der Waals surface area contributed by atoms with Crippen LogP contribution in [0.3, 0.4) is 0 Å². The number of nitrogens with one attached hydrogen (secondary N) is 2. The minimum Gasteiger partial charge on any atom is -0.483 e. The third-order valence-electron chi connectivity index (χ3n) is 4.52. The summed E-state index contributed by atoms with van der Waals surface area (Å²) in [5, 5.41) is 7.13. The normalized spacial score (nSPS) is 13.2. The molecule has 0 heterocycles. The third-order valence-corrected chi connectivity index (χ3v) is 4.52. The van der Waals surface area contributed by atoms with Gasteiger partial charge in [0, 0.05) is 6.04 Å².